The van der Waals surface area contributed by atoms with Gasteiger partial charge in [-0.05, 0) is 66.0 Å². The van der Waals surface area contributed by atoms with Crippen LogP contribution in [0, 0.1) is 6.92 Å². The number of carbonyl (C=O) groups is 2. The second-order valence-corrected chi connectivity index (χ2v) is 11.4. The summed E-state index contributed by atoms with van der Waals surface area (Å²) in [6, 6.07) is 13.7. The fourth-order valence-corrected chi connectivity index (χ4v) is 5.14. The van der Waals surface area contributed by atoms with Crippen LogP contribution >= 0.6 is 15.9 Å². The topological polar surface area (TPSA) is 158 Å². The molecule has 2 N–H and O–H groups in total. The largest absolute Gasteiger partial charge is 0.455 e. The zero-order valence-corrected chi connectivity index (χ0v) is 26.1. The Hall–Kier alpha value is -4.36. The number of tetrazole rings is 1. The third-order valence-electron chi connectivity index (χ3n) is 7.10. The first-order chi connectivity index (χ1) is 20.5. The Morgan fingerprint density at radius 2 is 1.84 bits per heavy atom. The zero-order valence-electron chi connectivity index (χ0n) is 24.5. The molecule has 0 fully saturated rings. The Labute approximate surface area is 255 Å². The van der Waals surface area contributed by atoms with Gasteiger partial charge < -0.3 is 23.6 Å². The highest BCUT2D eigenvalue weighted by Gasteiger charge is 2.32. The van der Waals surface area contributed by atoms with Gasteiger partial charge in [0.1, 0.15) is 17.2 Å². The van der Waals surface area contributed by atoms with E-state index in [0.717, 1.165) is 32.1 Å². The standard InChI is InChI=1S/C30H31BrN6O6/c1-15(26-32-16(2)24(33-26)28(38)41-17(3)42-29(39)30(4,5)40-6)13-18-11-12-22-21(14-18)23(31)25(43-22)19-9-7-8-10-20(19)27-34-36-37-35-27/h7-12,14-15,17H,13H2,1-6H3,(H,32,33)(H,34,35,36,37). The van der Waals surface area contributed by atoms with Crippen molar-refractivity contribution in [3.05, 3.63) is 69.7 Å². The minimum atomic E-state index is -1.16. The van der Waals surface area contributed by atoms with E-state index in [0.29, 0.717) is 29.5 Å². The lowest BCUT2D eigenvalue weighted by Crippen LogP contribution is -2.38. The SMILES string of the molecule is COC(C)(C)C(=O)OC(C)OC(=O)c1nc(C(C)Cc2ccc3oc(-c4ccccc4-c4nn[nH]n4)c(Br)c3c2)[nH]c1C. The van der Waals surface area contributed by atoms with Crippen LogP contribution in [0.15, 0.2) is 51.4 Å². The van der Waals surface area contributed by atoms with E-state index < -0.39 is 23.8 Å². The fourth-order valence-electron chi connectivity index (χ4n) is 4.54. The molecule has 3 aromatic heterocycles. The summed E-state index contributed by atoms with van der Waals surface area (Å²) in [5.74, 6) is 0.374. The molecule has 0 saturated carbocycles. The minimum Gasteiger partial charge on any atom is -0.455 e. The van der Waals surface area contributed by atoms with Gasteiger partial charge in [-0.1, -0.05) is 37.3 Å². The normalized spacial score (nSPS) is 13.2. The Kier molecular flexibility index (Phi) is 8.47. The predicted molar refractivity (Wildman–Crippen MR) is 160 cm³/mol. The van der Waals surface area contributed by atoms with Gasteiger partial charge in [-0.15, -0.1) is 10.2 Å². The number of methoxy groups -OCH3 is 1. The molecule has 12 nitrogen and oxygen atoms in total. The van der Waals surface area contributed by atoms with Gasteiger partial charge in [-0.25, -0.2) is 14.6 Å². The highest BCUT2D eigenvalue weighted by atomic mass is 79.9. The highest BCUT2D eigenvalue weighted by Crippen LogP contribution is 2.41. The number of aryl methyl sites for hydroxylation is 1. The van der Waals surface area contributed by atoms with Crippen molar-refractivity contribution in [3.8, 4) is 22.7 Å². The van der Waals surface area contributed by atoms with Gasteiger partial charge in [0.25, 0.3) is 0 Å². The molecule has 13 heteroatoms. The van der Waals surface area contributed by atoms with Crippen LogP contribution in [-0.4, -0.2) is 61.5 Å². The average Bonchev–Trinajstić information content (AvgIpc) is 3.72. The molecular formula is C30H31BrN6O6. The molecular weight excluding hydrogens is 620 g/mol. The van der Waals surface area contributed by atoms with E-state index in [2.05, 4.69) is 52.6 Å². The summed E-state index contributed by atoms with van der Waals surface area (Å²) in [6.45, 7) is 8.36. The number of nitrogens with zero attached hydrogens (tertiary/aromatic N) is 4. The van der Waals surface area contributed by atoms with Crippen molar-refractivity contribution >= 4 is 38.8 Å². The first-order valence-corrected chi connectivity index (χ1v) is 14.4. The Bertz CT molecular complexity index is 1780. The zero-order chi connectivity index (χ0) is 30.9. The average molecular weight is 652 g/mol. The highest BCUT2D eigenvalue weighted by molar-refractivity contribution is 9.10. The van der Waals surface area contributed by atoms with E-state index in [1.807, 2.05) is 43.3 Å². The number of hydrogen-bond donors (Lipinski definition) is 2. The van der Waals surface area contributed by atoms with Crippen LogP contribution in [0.5, 0.6) is 0 Å². The molecule has 0 spiro atoms. The van der Waals surface area contributed by atoms with E-state index >= 15 is 0 Å². The van der Waals surface area contributed by atoms with Crippen LogP contribution in [0.25, 0.3) is 33.7 Å². The number of furan rings is 1. The number of imidazole rings is 1. The molecule has 0 saturated heterocycles. The number of nitrogens with one attached hydrogen (secondary N) is 2. The van der Waals surface area contributed by atoms with Crippen molar-refractivity contribution in [2.45, 2.75) is 58.8 Å². The molecule has 5 rings (SSSR count). The van der Waals surface area contributed by atoms with E-state index in [1.165, 1.54) is 14.0 Å². The third kappa shape index (κ3) is 6.22. The number of aromatic amines is 2. The van der Waals surface area contributed by atoms with Gasteiger partial charge in [-0.3, -0.25) is 0 Å². The number of halogens is 1. The molecule has 0 aliphatic carbocycles. The monoisotopic (exact) mass is 650 g/mol. The van der Waals surface area contributed by atoms with Crippen LogP contribution < -0.4 is 0 Å². The smallest absolute Gasteiger partial charge is 0.361 e. The molecule has 3 heterocycles. The molecule has 2 unspecified atom stereocenters. The predicted octanol–water partition coefficient (Wildman–Crippen LogP) is 5.89. The molecule has 2 aromatic carbocycles. The summed E-state index contributed by atoms with van der Waals surface area (Å²) in [5, 5.41) is 15.3. The van der Waals surface area contributed by atoms with Crippen molar-refractivity contribution in [1.29, 1.82) is 0 Å². The molecule has 224 valence electrons. The summed E-state index contributed by atoms with van der Waals surface area (Å²) in [5.41, 5.74) is 2.93. The summed E-state index contributed by atoms with van der Waals surface area (Å²) in [6.07, 6.45) is -0.472. The van der Waals surface area contributed by atoms with Crippen LogP contribution in [0.1, 0.15) is 61.2 Å². The number of fused-ring (bicyclic) bond motifs is 1. The van der Waals surface area contributed by atoms with Gasteiger partial charge in [0, 0.05) is 42.2 Å². The first-order valence-electron chi connectivity index (χ1n) is 13.6. The van der Waals surface area contributed by atoms with Crippen LogP contribution in [0.4, 0.5) is 0 Å². The van der Waals surface area contributed by atoms with E-state index in [1.54, 1.807) is 20.8 Å². The van der Waals surface area contributed by atoms with Crippen molar-refractivity contribution in [2.24, 2.45) is 0 Å². The number of rotatable bonds is 10. The number of aromatic nitrogens is 6. The van der Waals surface area contributed by atoms with E-state index in [-0.39, 0.29) is 11.6 Å². The molecule has 43 heavy (non-hydrogen) atoms. The summed E-state index contributed by atoms with van der Waals surface area (Å²) >= 11 is 3.74. The quantitative estimate of drug-likeness (QED) is 0.138. The lowest BCUT2D eigenvalue weighted by molar-refractivity contribution is -0.186. The maximum atomic E-state index is 12.8. The fraction of sp³-hybridized carbons (Fsp3) is 0.333. The number of esters is 2. The van der Waals surface area contributed by atoms with Gasteiger partial charge in [0.2, 0.25) is 12.1 Å². The number of H-pyrrole nitrogens is 2. The van der Waals surface area contributed by atoms with Crippen molar-refractivity contribution < 1.29 is 28.2 Å². The van der Waals surface area contributed by atoms with Crippen LogP contribution in [0.2, 0.25) is 0 Å². The lowest BCUT2D eigenvalue weighted by atomic mass is 9.99. The molecule has 2 atom stereocenters. The molecule has 0 aliphatic rings. The number of hydrogen-bond acceptors (Lipinski definition) is 10. The Morgan fingerprint density at radius 1 is 1.09 bits per heavy atom. The molecule has 0 radical (unpaired) electrons. The molecule has 0 amide bonds. The third-order valence-corrected chi connectivity index (χ3v) is 7.89. The molecule has 0 aliphatic heterocycles. The van der Waals surface area contributed by atoms with E-state index in [4.69, 9.17) is 18.6 Å². The first kappa shape index (κ1) is 30.1. The number of benzene rings is 2. The van der Waals surface area contributed by atoms with Gasteiger partial charge in [0.05, 0.1) is 4.47 Å². The Balaban J connectivity index is 1.31. The molecule has 0 bridgehead atoms. The second kappa shape index (κ2) is 12.1. The lowest BCUT2D eigenvalue weighted by Gasteiger charge is -2.23. The summed E-state index contributed by atoms with van der Waals surface area (Å²) in [4.78, 5) is 32.8. The van der Waals surface area contributed by atoms with Crippen LogP contribution in [0.3, 0.4) is 0 Å². The number of carbonyl (C=O) groups excluding carboxylic acids is 2. The van der Waals surface area contributed by atoms with Crippen LogP contribution in [-0.2, 0) is 25.4 Å². The van der Waals surface area contributed by atoms with Crippen molar-refractivity contribution in [2.75, 3.05) is 7.11 Å². The summed E-state index contributed by atoms with van der Waals surface area (Å²) in [7, 11) is 1.40. The van der Waals surface area contributed by atoms with Gasteiger partial charge in [0.15, 0.2) is 11.3 Å². The maximum Gasteiger partial charge on any atom is 0.361 e. The van der Waals surface area contributed by atoms with Crippen molar-refractivity contribution in [1.82, 2.24) is 30.6 Å². The van der Waals surface area contributed by atoms with Gasteiger partial charge in [-0.2, -0.15) is 5.21 Å². The van der Waals surface area contributed by atoms with Gasteiger partial charge >= 0.3 is 11.9 Å². The number of ether oxygens (including phenoxy) is 3. The van der Waals surface area contributed by atoms with Crippen molar-refractivity contribution in [3.63, 3.8) is 0 Å². The Morgan fingerprint density at radius 3 is 2.53 bits per heavy atom. The van der Waals surface area contributed by atoms with E-state index in [9.17, 15) is 9.59 Å². The minimum absolute atomic E-state index is 0.0560. The molecule has 5 aromatic rings. The maximum absolute atomic E-state index is 12.8. The summed E-state index contributed by atoms with van der Waals surface area (Å²) < 4.78 is 22.7. The second-order valence-electron chi connectivity index (χ2n) is 10.7.